The molecule has 0 saturated carbocycles. The smallest absolute Gasteiger partial charge is 0.163 e. The van der Waals surface area contributed by atoms with Crippen molar-refractivity contribution in [2.24, 2.45) is 0 Å². The van der Waals surface area contributed by atoms with Crippen molar-refractivity contribution in [1.29, 1.82) is 0 Å². The highest BCUT2D eigenvalue weighted by molar-refractivity contribution is 7.99. The molecule has 1 aromatic heterocycles. The molecule has 172 valence electrons. The van der Waals surface area contributed by atoms with Crippen LogP contribution in [-0.2, 0) is 4.74 Å². The van der Waals surface area contributed by atoms with Gasteiger partial charge in [0.05, 0.1) is 26.3 Å². The van der Waals surface area contributed by atoms with Crippen LogP contribution in [0.5, 0.6) is 11.5 Å². The Morgan fingerprint density at radius 1 is 0.969 bits per heavy atom. The summed E-state index contributed by atoms with van der Waals surface area (Å²) in [5.41, 5.74) is 0.602. The van der Waals surface area contributed by atoms with Gasteiger partial charge in [0.15, 0.2) is 6.23 Å². The number of methoxy groups -OCH3 is 2. The lowest BCUT2D eigenvalue weighted by Crippen LogP contribution is -2.56. The molecule has 0 bridgehead atoms. The summed E-state index contributed by atoms with van der Waals surface area (Å²) in [4.78, 5) is 1.04. The number of nitrogens with zero attached hydrogens (tertiary/aromatic N) is 1. The second-order valence-electron chi connectivity index (χ2n) is 7.40. The monoisotopic (exact) mass is 465 g/mol. The van der Waals surface area contributed by atoms with E-state index in [4.69, 9.17) is 14.2 Å². The Bertz CT molecular complexity index is 1110. The minimum absolute atomic E-state index is 0.370. The van der Waals surface area contributed by atoms with Gasteiger partial charge in [-0.05, 0) is 24.3 Å². The van der Waals surface area contributed by atoms with Gasteiger partial charge in [-0.3, -0.25) is 0 Å². The molecule has 8 nitrogen and oxygen atoms in total. The zero-order valence-electron chi connectivity index (χ0n) is 17.4. The van der Waals surface area contributed by atoms with Crippen LogP contribution < -0.4 is 9.47 Å². The number of benzene rings is 2. The van der Waals surface area contributed by atoms with Gasteiger partial charge >= 0.3 is 0 Å². The van der Waals surface area contributed by atoms with Crippen LogP contribution in [-0.4, -0.2) is 70.2 Å². The number of hydrogen-bond donors (Lipinski definition) is 4. The molecule has 10 heteroatoms. The molecule has 32 heavy (non-hydrogen) atoms. The van der Waals surface area contributed by atoms with Gasteiger partial charge < -0.3 is 39.2 Å². The molecule has 0 amide bonds. The van der Waals surface area contributed by atoms with E-state index < -0.39 is 43.1 Å². The second-order valence-corrected chi connectivity index (χ2v) is 8.49. The lowest BCUT2D eigenvalue weighted by molar-refractivity contribution is -0.250. The number of rotatable bonds is 6. The van der Waals surface area contributed by atoms with Crippen molar-refractivity contribution in [3.63, 3.8) is 0 Å². The van der Waals surface area contributed by atoms with E-state index >= 15 is 0 Å². The Balaban J connectivity index is 1.79. The summed E-state index contributed by atoms with van der Waals surface area (Å²) >= 11 is 1.18. The Morgan fingerprint density at radius 2 is 1.66 bits per heavy atom. The SMILES string of the molecule is COc1ccc(Sc2cn([C@@H]3O[C@H](CO)[C@@H](O)[C@H](O)[C@H]3O)c3cc(OC)ccc23)c(F)c1. The van der Waals surface area contributed by atoms with Gasteiger partial charge in [-0.2, -0.15) is 0 Å². The van der Waals surface area contributed by atoms with E-state index in [2.05, 4.69) is 0 Å². The third-order valence-electron chi connectivity index (χ3n) is 5.51. The number of hydrogen-bond acceptors (Lipinski definition) is 8. The first-order valence-electron chi connectivity index (χ1n) is 9.88. The first-order valence-corrected chi connectivity index (χ1v) is 10.7. The van der Waals surface area contributed by atoms with Crippen molar-refractivity contribution < 1.29 is 39.0 Å². The number of ether oxygens (including phenoxy) is 3. The summed E-state index contributed by atoms with van der Waals surface area (Å²) in [6, 6.07) is 9.85. The molecule has 1 fully saturated rings. The molecule has 5 atom stereocenters. The molecule has 0 spiro atoms. The number of fused-ring (bicyclic) bond motifs is 1. The maximum absolute atomic E-state index is 14.6. The van der Waals surface area contributed by atoms with E-state index in [1.54, 1.807) is 41.1 Å². The Hall–Kier alpha value is -2.34. The van der Waals surface area contributed by atoms with Crippen molar-refractivity contribution in [3.8, 4) is 11.5 Å². The van der Waals surface area contributed by atoms with Crippen LogP contribution in [0.1, 0.15) is 6.23 Å². The van der Waals surface area contributed by atoms with E-state index in [9.17, 15) is 24.8 Å². The number of aliphatic hydroxyl groups excluding tert-OH is 4. The molecule has 1 saturated heterocycles. The van der Waals surface area contributed by atoms with E-state index in [-0.39, 0.29) is 0 Å². The first kappa shape index (κ1) is 22.8. The molecular formula is C22H24FNO7S. The maximum atomic E-state index is 14.6. The van der Waals surface area contributed by atoms with E-state index in [1.165, 1.54) is 32.0 Å². The van der Waals surface area contributed by atoms with Gasteiger partial charge in [0.2, 0.25) is 0 Å². The zero-order chi connectivity index (χ0) is 23.0. The summed E-state index contributed by atoms with van der Waals surface area (Å²) in [5.74, 6) is 0.505. The van der Waals surface area contributed by atoms with Crippen LogP contribution >= 0.6 is 11.8 Å². The highest BCUT2D eigenvalue weighted by atomic mass is 32.2. The summed E-state index contributed by atoms with van der Waals surface area (Å²) in [6.45, 7) is -0.539. The van der Waals surface area contributed by atoms with Gasteiger partial charge in [-0.15, -0.1) is 0 Å². The third-order valence-corrected chi connectivity index (χ3v) is 6.60. The van der Waals surface area contributed by atoms with Crippen molar-refractivity contribution >= 4 is 22.7 Å². The van der Waals surface area contributed by atoms with Gasteiger partial charge in [0, 0.05) is 33.5 Å². The number of halogens is 1. The molecular weight excluding hydrogens is 441 g/mol. The molecule has 0 unspecified atom stereocenters. The fraction of sp³-hybridized carbons (Fsp3) is 0.364. The number of aliphatic hydroxyl groups is 4. The average molecular weight is 465 g/mol. The Kier molecular flexibility index (Phi) is 6.61. The minimum Gasteiger partial charge on any atom is -0.497 e. The quantitative estimate of drug-likeness (QED) is 0.437. The molecule has 1 aliphatic rings. The summed E-state index contributed by atoms with van der Waals surface area (Å²) in [5, 5.41) is 41.2. The minimum atomic E-state index is -1.52. The highest BCUT2D eigenvalue weighted by Crippen LogP contribution is 2.41. The summed E-state index contributed by atoms with van der Waals surface area (Å²) < 4.78 is 32.3. The van der Waals surface area contributed by atoms with Crippen molar-refractivity contribution in [3.05, 3.63) is 48.4 Å². The molecule has 0 aliphatic carbocycles. The van der Waals surface area contributed by atoms with Crippen LogP contribution in [0.4, 0.5) is 4.39 Å². The van der Waals surface area contributed by atoms with Crippen molar-refractivity contribution in [2.45, 2.75) is 40.4 Å². The van der Waals surface area contributed by atoms with E-state index in [0.29, 0.717) is 26.8 Å². The van der Waals surface area contributed by atoms with Crippen LogP contribution in [0.2, 0.25) is 0 Å². The topological polar surface area (TPSA) is 114 Å². The summed E-state index contributed by atoms with van der Waals surface area (Å²) in [7, 11) is 2.98. The molecule has 4 N–H and O–H groups in total. The largest absolute Gasteiger partial charge is 0.497 e. The zero-order valence-corrected chi connectivity index (χ0v) is 18.2. The average Bonchev–Trinajstić information content (AvgIpc) is 3.16. The lowest BCUT2D eigenvalue weighted by atomic mass is 9.98. The molecule has 1 aliphatic heterocycles. The van der Waals surface area contributed by atoms with Crippen LogP contribution in [0.3, 0.4) is 0 Å². The fourth-order valence-electron chi connectivity index (χ4n) is 3.74. The Labute approximate surface area is 187 Å². The van der Waals surface area contributed by atoms with Crippen LogP contribution in [0.15, 0.2) is 52.4 Å². The Morgan fingerprint density at radius 3 is 2.31 bits per heavy atom. The molecule has 0 radical (unpaired) electrons. The second kappa shape index (κ2) is 9.26. The van der Waals surface area contributed by atoms with E-state index in [0.717, 1.165) is 5.39 Å². The summed E-state index contributed by atoms with van der Waals surface area (Å²) in [6.07, 6.45) is -4.95. The normalized spacial score (nSPS) is 25.8. The third kappa shape index (κ3) is 4.05. The lowest BCUT2D eigenvalue weighted by Gasteiger charge is -2.40. The predicted molar refractivity (Wildman–Crippen MR) is 115 cm³/mol. The number of aromatic nitrogens is 1. The highest BCUT2D eigenvalue weighted by Gasteiger charge is 2.44. The predicted octanol–water partition coefficient (Wildman–Crippen LogP) is 1.92. The van der Waals surface area contributed by atoms with Gasteiger partial charge in [0.25, 0.3) is 0 Å². The van der Waals surface area contributed by atoms with Crippen molar-refractivity contribution in [2.75, 3.05) is 20.8 Å². The molecule has 3 aromatic rings. The standard InChI is InChI=1S/C22H24FNO7S/c1-29-11-4-6-17(14(23)7-11)32-18-9-24(15-8-12(30-2)3-5-13(15)18)22-21(28)20(27)19(26)16(10-25)31-22/h3-9,16,19-22,25-28H,10H2,1-2H3/t16-,19-,20+,21-,22-/m1/s1. The molecule has 2 heterocycles. The molecule has 4 rings (SSSR count). The fourth-order valence-corrected chi connectivity index (χ4v) is 4.72. The van der Waals surface area contributed by atoms with Crippen LogP contribution in [0.25, 0.3) is 10.9 Å². The van der Waals surface area contributed by atoms with Crippen molar-refractivity contribution in [1.82, 2.24) is 4.57 Å². The maximum Gasteiger partial charge on any atom is 0.163 e. The van der Waals surface area contributed by atoms with Crippen LogP contribution in [0, 0.1) is 5.82 Å². The van der Waals surface area contributed by atoms with Gasteiger partial charge in [0.1, 0.15) is 41.7 Å². The van der Waals surface area contributed by atoms with E-state index in [1.807, 2.05) is 0 Å². The van der Waals surface area contributed by atoms with Gasteiger partial charge in [-0.25, -0.2) is 4.39 Å². The van der Waals surface area contributed by atoms with Gasteiger partial charge in [-0.1, -0.05) is 11.8 Å². The first-order chi connectivity index (χ1) is 15.4. The molecule has 2 aromatic carbocycles.